The fourth-order valence-electron chi connectivity index (χ4n) is 2.56. The summed E-state index contributed by atoms with van der Waals surface area (Å²) in [6.45, 7) is 11.6. The van der Waals surface area contributed by atoms with Crippen LogP contribution in [0, 0.1) is 17.3 Å². The van der Waals surface area contributed by atoms with Crippen LogP contribution in [0.4, 0.5) is 0 Å². The zero-order chi connectivity index (χ0) is 9.35. The second-order valence-corrected chi connectivity index (χ2v) is 4.42. The van der Waals surface area contributed by atoms with Gasteiger partial charge in [-0.05, 0) is 30.6 Å². The molecular weight excluding hydrogens is 144 g/mol. The molecule has 0 spiro atoms. The zero-order valence-corrected chi connectivity index (χ0v) is 9.15. The number of rotatable bonds is 3. The Labute approximate surface area is 77.1 Å². The molecule has 0 bridgehead atoms. The smallest absolute Gasteiger partial charge is 0.00596 e. The molecule has 0 saturated heterocycles. The van der Waals surface area contributed by atoms with Crippen molar-refractivity contribution in [3.63, 3.8) is 0 Å². The Morgan fingerprint density at radius 3 is 2.08 bits per heavy atom. The maximum atomic E-state index is 2.42. The topological polar surface area (TPSA) is 0 Å². The predicted molar refractivity (Wildman–Crippen MR) is 55.1 cm³/mol. The lowest BCUT2D eigenvalue weighted by Crippen LogP contribution is -2.03. The van der Waals surface area contributed by atoms with E-state index in [4.69, 9.17) is 0 Å². The van der Waals surface area contributed by atoms with Gasteiger partial charge >= 0.3 is 0 Å². The summed E-state index contributed by atoms with van der Waals surface area (Å²) >= 11 is 0. The molecule has 0 aromatic carbocycles. The summed E-state index contributed by atoms with van der Waals surface area (Å²) in [6, 6.07) is 0. The van der Waals surface area contributed by atoms with Gasteiger partial charge in [0, 0.05) is 0 Å². The van der Waals surface area contributed by atoms with E-state index in [9.17, 15) is 0 Å². The van der Waals surface area contributed by atoms with Gasteiger partial charge in [0.2, 0.25) is 0 Å². The first-order chi connectivity index (χ1) is 5.58. The van der Waals surface area contributed by atoms with Crippen molar-refractivity contribution < 1.29 is 0 Å². The van der Waals surface area contributed by atoms with E-state index in [1.165, 1.54) is 12.8 Å². The van der Waals surface area contributed by atoms with Gasteiger partial charge in [0.15, 0.2) is 0 Å². The van der Waals surface area contributed by atoms with E-state index in [-0.39, 0.29) is 0 Å². The van der Waals surface area contributed by atoms with Crippen LogP contribution in [0.2, 0.25) is 0 Å². The van der Waals surface area contributed by atoms with Crippen molar-refractivity contribution in [2.45, 2.75) is 47.5 Å². The molecule has 1 rings (SSSR count). The average Bonchev–Trinajstić information content (AvgIpc) is 2.54. The molecule has 0 radical (unpaired) electrons. The Morgan fingerprint density at radius 2 is 1.83 bits per heavy atom. The van der Waals surface area contributed by atoms with E-state index in [1.54, 1.807) is 5.57 Å². The van der Waals surface area contributed by atoms with E-state index in [2.05, 4.69) is 40.7 Å². The molecule has 70 valence electrons. The van der Waals surface area contributed by atoms with Gasteiger partial charge in [-0.2, -0.15) is 0 Å². The van der Waals surface area contributed by atoms with E-state index in [0.717, 1.165) is 11.8 Å². The third-order valence-electron chi connectivity index (χ3n) is 4.09. The summed E-state index contributed by atoms with van der Waals surface area (Å²) in [7, 11) is 0. The summed E-state index contributed by atoms with van der Waals surface area (Å²) in [5.41, 5.74) is 2.23. The summed E-state index contributed by atoms with van der Waals surface area (Å²) in [5.74, 6) is 1.80. The second kappa shape index (κ2) is 3.24. The van der Waals surface area contributed by atoms with Crippen LogP contribution < -0.4 is 0 Å². The van der Waals surface area contributed by atoms with Crippen molar-refractivity contribution in [2.75, 3.05) is 0 Å². The molecule has 0 heterocycles. The van der Waals surface area contributed by atoms with Crippen LogP contribution in [0.15, 0.2) is 11.6 Å². The lowest BCUT2D eigenvalue weighted by atomic mass is 9.90. The molecule has 1 aliphatic carbocycles. The standard InChI is InChI=1S/C12H22/c1-6-8-11(7-2)12(5)9(3)10(12)4/h7,9-10H,6,8H2,1-5H3. The van der Waals surface area contributed by atoms with Crippen LogP contribution in [-0.2, 0) is 0 Å². The van der Waals surface area contributed by atoms with Crippen LogP contribution in [0.1, 0.15) is 47.5 Å². The molecule has 0 N–H and O–H groups in total. The van der Waals surface area contributed by atoms with E-state index in [1.807, 2.05) is 0 Å². The van der Waals surface area contributed by atoms with Crippen molar-refractivity contribution in [3.05, 3.63) is 11.6 Å². The maximum absolute atomic E-state index is 2.42. The molecule has 2 unspecified atom stereocenters. The molecule has 2 atom stereocenters. The number of allylic oxidation sites excluding steroid dienone is 2. The molecule has 1 aliphatic rings. The van der Waals surface area contributed by atoms with Crippen LogP contribution >= 0.6 is 0 Å². The van der Waals surface area contributed by atoms with Crippen molar-refractivity contribution in [2.24, 2.45) is 17.3 Å². The molecule has 0 aromatic heterocycles. The average molecular weight is 166 g/mol. The summed E-state index contributed by atoms with van der Waals surface area (Å²) in [5, 5.41) is 0. The van der Waals surface area contributed by atoms with Crippen molar-refractivity contribution in [1.29, 1.82) is 0 Å². The van der Waals surface area contributed by atoms with Crippen LogP contribution in [0.3, 0.4) is 0 Å². The van der Waals surface area contributed by atoms with Crippen molar-refractivity contribution in [1.82, 2.24) is 0 Å². The Morgan fingerprint density at radius 1 is 1.33 bits per heavy atom. The minimum Gasteiger partial charge on any atom is -0.0879 e. The summed E-state index contributed by atoms with van der Waals surface area (Å²) < 4.78 is 0. The highest BCUT2D eigenvalue weighted by molar-refractivity contribution is 5.25. The lowest BCUT2D eigenvalue weighted by molar-refractivity contribution is 0.559. The maximum Gasteiger partial charge on any atom is -0.00596 e. The minimum absolute atomic E-state index is 0.546. The molecule has 1 saturated carbocycles. The predicted octanol–water partition coefficient (Wildman–Crippen LogP) is 4.02. The highest BCUT2D eigenvalue weighted by Crippen LogP contribution is 2.63. The molecule has 0 nitrogen and oxygen atoms in total. The molecule has 0 aromatic rings. The zero-order valence-electron chi connectivity index (χ0n) is 9.15. The van der Waals surface area contributed by atoms with Gasteiger partial charge in [-0.15, -0.1) is 0 Å². The summed E-state index contributed by atoms with van der Waals surface area (Å²) in [4.78, 5) is 0. The van der Waals surface area contributed by atoms with Crippen LogP contribution in [-0.4, -0.2) is 0 Å². The fourth-order valence-corrected chi connectivity index (χ4v) is 2.56. The first-order valence-electron chi connectivity index (χ1n) is 5.24. The van der Waals surface area contributed by atoms with Gasteiger partial charge in [0.1, 0.15) is 0 Å². The van der Waals surface area contributed by atoms with E-state index in [0.29, 0.717) is 5.41 Å². The molecular formula is C12H22. The molecule has 1 fully saturated rings. The summed E-state index contributed by atoms with van der Waals surface area (Å²) in [6.07, 6.45) is 4.92. The molecule has 0 aliphatic heterocycles. The van der Waals surface area contributed by atoms with Crippen molar-refractivity contribution >= 4 is 0 Å². The minimum atomic E-state index is 0.546. The Hall–Kier alpha value is -0.260. The first kappa shape index (κ1) is 9.83. The normalized spacial score (nSPS) is 41.6. The van der Waals surface area contributed by atoms with Crippen molar-refractivity contribution in [3.8, 4) is 0 Å². The highest BCUT2D eigenvalue weighted by atomic mass is 14.6. The Balaban J connectivity index is 2.69. The number of hydrogen-bond donors (Lipinski definition) is 0. The van der Waals surface area contributed by atoms with Gasteiger partial charge < -0.3 is 0 Å². The van der Waals surface area contributed by atoms with Gasteiger partial charge in [-0.1, -0.05) is 45.8 Å². The van der Waals surface area contributed by atoms with Gasteiger partial charge in [-0.25, -0.2) is 0 Å². The SMILES string of the molecule is CC=C(CCC)C1(C)C(C)C1C. The van der Waals surface area contributed by atoms with Gasteiger partial charge in [0.05, 0.1) is 0 Å². The second-order valence-electron chi connectivity index (χ2n) is 4.42. The third kappa shape index (κ3) is 1.22. The van der Waals surface area contributed by atoms with Gasteiger partial charge in [-0.3, -0.25) is 0 Å². The Bertz CT molecular complexity index is 180. The largest absolute Gasteiger partial charge is 0.0879 e. The van der Waals surface area contributed by atoms with E-state index < -0.39 is 0 Å². The number of hydrogen-bond acceptors (Lipinski definition) is 0. The molecule has 0 heteroatoms. The highest BCUT2D eigenvalue weighted by Gasteiger charge is 2.56. The van der Waals surface area contributed by atoms with Crippen LogP contribution in [0.25, 0.3) is 0 Å². The van der Waals surface area contributed by atoms with E-state index >= 15 is 0 Å². The third-order valence-corrected chi connectivity index (χ3v) is 4.09. The Kier molecular flexibility index (Phi) is 2.65. The molecule has 0 amide bonds. The fraction of sp³-hybridized carbons (Fsp3) is 0.833. The lowest BCUT2D eigenvalue weighted by Gasteiger charge is -2.15. The van der Waals surface area contributed by atoms with Crippen LogP contribution in [0.5, 0.6) is 0 Å². The van der Waals surface area contributed by atoms with Gasteiger partial charge in [0.25, 0.3) is 0 Å². The first-order valence-corrected chi connectivity index (χ1v) is 5.24. The quantitative estimate of drug-likeness (QED) is 0.555. The monoisotopic (exact) mass is 166 g/mol. The molecule has 12 heavy (non-hydrogen) atoms.